The maximum Gasteiger partial charge on any atom is 0.208 e. The summed E-state index contributed by atoms with van der Waals surface area (Å²) in [5.41, 5.74) is 0. The third-order valence-electron chi connectivity index (χ3n) is 2.31. The van der Waals surface area contributed by atoms with Crippen LogP contribution in [0.5, 0.6) is 0 Å². The Labute approximate surface area is 91.6 Å². The van der Waals surface area contributed by atoms with Crippen molar-refractivity contribution < 1.29 is 13.2 Å². The highest BCUT2D eigenvalue weighted by Crippen LogP contribution is 2.11. The molecule has 15 heavy (non-hydrogen) atoms. The molecule has 0 aromatic heterocycles. The van der Waals surface area contributed by atoms with Gasteiger partial charge in [-0.1, -0.05) is 0 Å². The first-order valence-corrected chi connectivity index (χ1v) is 7.24. The number of hydrogen-bond acceptors (Lipinski definition) is 4. The van der Waals surface area contributed by atoms with Gasteiger partial charge in [0, 0.05) is 26.2 Å². The number of nitrogens with one attached hydrogen (secondary N) is 2. The van der Waals surface area contributed by atoms with Crippen molar-refractivity contribution in [1.29, 1.82) is 0 Å². The third-order valence-corrected chi connectivity index (χ3v) is 3.04. The zero-order valence-electron chi connectivity index (χ0n) is 9.16. The van der Waals surface area contributed by atoms with Gasteiger partial charge in [-0.25, -0.2) is 13.1 Å². The van der Waals surface area contributed by atoms with Gasteiger partial charge in [0.05, 0.1) is 12.4 Å². The lowest BCUT2D eigenvalue weighted by Crippen LogP contribution is -2.36. The monoisotopic (exact) mass is 236 g/mol. The number of hydrogen-bond donors (Lipinski definition) is 2. The molecule has 1 rings (SSSR count). The van der Waals surface area contributed by atoms with Crippen LogP contribution in [0.2, 0.25) is 0 Å². The molecule has 0 aromatic rings. The molecule has 0 bridgehead atoms. The topological polar surface area (TPSA) is 67.4 Å². The van der Waals surface area contributed by atoms with Gasteiger partial charge in [-0.15, -0.1) is 0 Å². The van der Waals surface area contributed by atoms with E-state index in [2.05, 4.69) is 10.0 Å². The molecule has 1 atom stereocenters. The molecule has 0 aromatic carbocycles. The highest BCUT2D eigenvalue weighted by molar-refractivity contribution is 7.88. The molecule has 0 radical (unpaired) electrons. The SMILES string of the molecule is CS(=O)(=O)NCCNCC1CCCCO1. The highest BCUT2D eigenvalue weighted by Gasteiger charge is 2.12. The standard InChI is InChI=1S/C9H20N2O3S/c1-15(12,13)11-6-5-10-8-9-4-2-3-7-14-9/h9-11H,2-8H2,1H3. The van der Waals surface area contributed by atoms with Crippen LogP contribution < -0.4 is 10.0 Å². The fourth-order valence-electron chi connectivity index (χ4n) is 1.56. The zero-order chi connectivity index (χ0) is 11.1. The van der Waals surface area contributed by atoms with Crippen LogP contribution in [0.25, 0.3) is 0 Å². The minimum Gasteiger partial charge on any atom is -0.377 e. The predicted octanol–water partition coefficient (Wildman–Crippen LogP) is -0.306. The van der Waals surface area contributed by atoms with Gasteiger partial charge in [0.1, 0.15) is 0 Å². The highest BCUT2D eigenvalue weighted by atomic mass is 32.2. The largest absolute Gasteiger partial charge is 0.377 e. The van der Waals surface area contributed by atoms with Gasteiger partial charge in [-0.2, -0.15) is 0 Å². The van der Waals surface area contributed by atoms with Crippen LogP contribution in [-0.2, 0) is 14.8 Å². The molecular formula is C9H20N2O3S. The first kappa shape index (κ1) is 12.9. The zero-order valence-corrected chi connectivity index (χ0v) is 9.98. The molecular weight excluding hydrogens is 216 g/mol. The van der Waals surface area contributed by atoms with Crippen LogP contribution in [0.3, 0.4) is 0 Å². The van der Waals surface area contributed by atoms with Crippen molar-refractivity contribution in [3.05, 3.63) is 0 Å². The smallest absolute Gasteiger partial charge is 0.208 e. The lowest BCUT2D eigenvalue weighted by Gasteiger charge is -2.22. The summed E-state index contributed by atoms with van der Waals surface area (Å²) in [4.78, 5) is 0. The quantitative estimate of drug-likeness (QED) is 0.621. The molecule has 0 amide bonds. The van der Waals surface area contributed by atoms with Crippen LogP contribution in [0.4, 0.5) is 0 Å². The molecule has 0 aliphatic carbocycles. The van der Waals surface area contributed by atoms with Crippen LogP contribution >= 0.6 is 0 Å². The maximum absolute atomic E-state index is 10.7. The Morgan fingerprint density at radius 3 is 2.73 bits per heavy atom. The Hall–Kier alpha value is -0.170. The van der Waals surface area contributed by atoms with E-state index >= 15 is 0 Å². The minimum atomic E-state index is -3.05. The van der Waals surface area contributed by atoms with E-state index in [-0.39, 0.29) is 0 Å². The molecule has 1 aliphatic heterocycles. The van der Waals surface area contributed by atoms with Crippen LogP contribution in [0.1, 0.15) is 19.3 Å². The van der Waals surface area contributed by atoms with E-state index in [1.807, 2.05) is 0 Å². The molecule has 1 unspecified atom stereocenters. The van der Waals surface area contributed by atoms with Crippen molar-refractivity contribution in [3.63, 3.8) is 0 Å². The van der Waals surface area contributed by atoms with Gasteiger partial charge in [-0.3, -0.25) is 0 Å². The summed E-state index contributed by atoms with van der Waals surface area (Å²) in [5.74, 6) is 0. The fraction of sp³-hybridized carbons (Fsp3) is 1.00. The van der Waals surface area contributed by atoms with E-state index in [0.717, 1.165) is 32.2 Å². The average Bonchev–Trinajstić information content (AvgIpc) is 2.17. The molecule has 1 fully saturated rings. The molecule has 0 spiro atoms. The van der Waals surface area contributed by atoms with E-state index in [4.69, 9.17) is 4.74 Å². The van der Waals surface area contributed by atoms with Crippen LogP contribution in [0, 0.1) is 0 Å². The van der Waals surface area contributed by atoms with Gasteiger partial charge in [0.25, 0.3) is 0 Å². The lowest BCUT2D eigenvalue weighted by molar-refractivity contribution is 0.0172. The Morgan fingerprint density at radius 2 is 2.13 bits per heavy atom. The molecule has 2 N–H and O–H groups in total. The van der Waals surface area contributed by atoms with Crippen LogP contribution in [0.15, 0.2) is 0 Å². The molecule has 6 heteroatoms. The molecule has 0 saturated carbocycles. The molecule has 1 heterocycles. The molecule has 90 valence electrons. The summed E-state index contributed by atoms with van der Waals surface area (Å²) in [7, 11) is -3.05. The van der Waals surface area contributed by atoms with Crippen molar-refractivity contribution in [2.24, 2.45) is 0 Å². The van der Waals surface area contributed by atoms with Crippen molar-refractivity contribution >= 4 is 10.0 Å². The molecule has 1 saturated heterocycles. The van der Waals surface area contributed by atoms with Crippen molar-refractivity contribution in [2.45, 2.75) is 25.4 Å². The number of ether oxygens (including phenoxy) is 1. The van der Waals surface area contributed by atoms with E-state index in [1.54, 1.807) is 0 Å². The molecule has 1 aliphatic rings. The summed E-state index contributed by atoms with van der Waals surface area (Å²) < 4.78 is 29.4. The van der Waals surface area contributed by atoms with E-state index < -0.39 is 10.0 Å². The lowest BCUT2D eigenvalue weighted by atomic mass is 10.1. The average molecular weight is 236 g/mol. The van der Waals surface area contributed by atoms with Gasteiger partial charge in [-0.05, 0) is 19.3 Å². The molecule has 5 nitrogen and oxygen atoms in total. The number of sulfonamides is 1. The van der Waals surface area contributed by atoms with Gasteiger partial charge >= 0.3 is 0 Å². The second-order valence-electron chi connectivity index (χ2n) is 3.86. The Kier molecular flexibility index (Phi) is 5.52. The Morgan fingerprint density at radius 1 is 1.33 bits per heavy atom. The van der Waals surface area contributed by atoms with E-state index in [0.29, 0.717) is 19.2 Å². The van der Waals surface area contributed by atoms with Crippen LogP contribution in [-0.4, -0.2) is 47.0 Å². The van der Waals surface area contributed by atoms with Gasteiger partial charge < -0.3 is 10.1 Å². The van der Waals surface area contributed by atoms with Gasteiger partial charge in [0.15, 0.2) is 0 Å². The first-order chi connectivity index (χ1) is 7.08. The van der Waals surface area contributed by atoms with E-state index in [1.165, 1.54) is 6.42 Å². The summed E-state index contributed by atoms with van der Waals surface area (Å²) in [5, 5.41) is 3.18. The van der Waals surface area contributed by atoms with Crippen molar-refractivity contribution in [3.8, 4) is 0 Å². The summed E-state index contributed by atoms with van der Waals surface area (Å²) >= 11 is 0. The van der Waals surface area contributed by atoms with Crippen molar-refractivity contribution in [1.82, 2.24) is 10.0 Å². The summed E-state index contributed by atoms with van der Waals surface area (Å²) in [6.45, 7) is 2.75. The summed E-state index contributed by atoms with van der Waals surface area (Å²) in [6.07, 6.45) is 4.96. The maximum atomic E-state index is 10.7. The van der Waals surface area contributed by atoms with Crippen molar-refractivity contribution in [2.75, 3.05) is 32.5 Å². The predicted molar refractivity (Wildman–Crippen MR) is 59.3 cm³/mol. The number of rotatable bonds is 6. The Balaban J connectivity index is 1.96. The fourth-order valence-corrected chi connectivity index (χ4v) is 2.03. The third kappa shape index (κ3) is 6.83. The van der Waals surface area contributed by atoms with Gasteiger partial charge in [0.2, 0.25) is 10.0 Å². The first-order valence-electron chi connectivity index (χ1n) is 5.35. The second kappa shape index (κ2) is 6.42. The normalized spacial score (nSPS) is 22.9. The second-order valence-corrected chi connectivity index (χ2v) is 5.69. The Bertz CT molecular complexity index is 261. The summed E-state index contributed by atoms with van der Waals surface area (Å²) in [6, 6.07) is 0. The minimum absolute atomic E-state index is 0.303. The van der Waals surface area contributed by atoms with E-state index in [9.17, 15) is 8.42 Å².